The van der Waals surface area contributed by atoms with Gasteiger partial charge >= 0.3 is 0 Å². The van der Waals surface area contributed by atoms with E-state index in [1.165, 1.54) is 0 Å². The first kappa shape index (κ1) is 15.0. The second kappa shape index (κ2) is 6.35. The lowest BCUT2D eigenvalue weighted by Crippen LogP contribution is -2.42. The van der Waals surface area contributed by atoms with Gasteiger partial charge in [-0.2, -0.15) is 0 Å². The molecule has 1 heterocycles. The molecule has 20 heavy (non-hydrogen) atoms. The minimum Gasteiger partial charge on any atom is -0.388 e. The second-order valence-electron chi connectivity index (χ2n) is 6.02. The second-order valence-corrected chi connectivity index (χ2v) is 6.02. The molecule has 6 heteroatoms. The van der Waals surface area contributed by atoms with Crippen molar-refractivity contribution in [3.8, 4) is 0 Å². The van der Waals surface area contributed by atoms with Gasteiger partial charge in [-0.15, -0.1) is 5.10 Å². The molecular formula is C14H24N4O2. The molecule has 0 bridgehead atoms. The Bertz CT molecular complexity index is 448. The number of H-pyrrole nitrogens is 1. The summed E-state index contributed by atoms with van der Waals surface area (Å²) in [5.74, 6) is 0.718. The van der Waals surface area contributed by atoms with Gasteiger partial charge in [-0.05, 0) is 12.8 Å². The van der Waals surface area contributed by atoms with E-state index in [0.29, 0.717) is 5.82 Å². The Morgan fingerprint density at radius 1 is 1.35 bits per heavy atom. The third-order valence-corrected chi connectivity index (χ3v) is 3.86. The molecule has 112 valence electrons. The summed E-state index contributed by atoms with van der Waals surface area (Å²) in [6, 6.07) is 0. The van der Waals surface area contributed by atoms with E-state index in [9.17, 15) is 9.90 Å². The molecule has 1 aliphatic carbocycles. The molecule has 1 saturated carbocycles. The van der Waals surface area contributed by atoms with E-state index >= 15 is 0 Å². The van der Waals surface area contributed by atoms with Crippen LogP contribution >= 0.6 is 0 Å². The monoisotopic (exact) mass is 280 g/mol. The maximum atomic E-state index is 12.0. The highest BCUT2D eigenvalue weighted by Crippen LogP contribution is 2.26. The van der Waals surface area contributed by atoms with Crippen molar-refractivity contribution in [2.75, 3.05) is 6.54 Å². The normalized spacial score (nSPS) is 18.8. The Morgan fingerprint density at radius 2 is 2.00 bits per heavy atom. The highest BCUT2D eigenvalue weighted by molar-refractivity contribution is 5.90. The zero-order valence-electron chi connectivity index (χ0n) is 12.3. The molecule has 1 aromatic heterocycles. The van der Waals surface area contributed by atoms with Crippen LogP contribution in [0.5, 0.6) is 0 Å². The number of carbonyl (C=O) groups excluding carboxylic acids is 1. The summed E-state index contributed by atoms with van der Waals surface area (Å²) in [7, 11) is 0. The van der Waals surface area contributed by atoms with Gasteiger partial charge in [-0.1, -0.05) is 39.5 Å². The quantitative estimate of drug-likeness (QED) is 0.733. The molecule has 3 N–H and O–H groups in total. The van der Waals surface area contributed by atoms with Crippen LogP contribution in [0.2, 0.25) is 0 Å². The molecule has 0 unspecified atom stereocenters. The number of aromatic amines is 1. The highest BCUT2D eigenvalue weighted by atomic mass is 16.3. The number of hydrogen-bond donors (Lipinski definition) is 3. The maximum absolute atomic E-state index is 12.0. The van der Waals surface area contributed by atoms with E-state index in [0.717, 1.165) is 38.5 Å². The average molecular weight is 280 g/mol. The maximum Gasteiger partial charge on any atom is 0.291 e. The van der Waals surface area contributed by atoms with Gasteiger partial charge in [-0.25, -0.2) is 4.98 Å². The Morgan fingerprint density at radius 3 is 2.55 bits per heavy atom. The first-order valence-electron chi connectivity index (χ1n) is 7.43. The van der Waals surface area contributed by atoms with E-state index in [1.807, 2.05) is 13.8 Å². The molecule has 0 atom stereocenters. The van der Waals surface area contributed by atoms with Crippen molar-refractivity contribution >= 4 is 5.91 Å². The Hall–Kier alpha value is -1.43. The lowest BCUT2D eigenvalue weighted by Gasteiger charge is -2.26. The SMILES string of the molecule is CC(C)c1nc(C(=O)NCC2(O)CCCCCC2)n[nH]1. The van der Waals surface area contributed by atoms with E-state index in [2.05, 4.69) is 20.5 Å². The lowest BCUT2D eigenvalue weighted by molar-refractivity contribution is 0.0245. The Balaban J connectivity index is 1.90. The first-order valence-corrected chi connectivity index (χ1v) is 7.43. The molecule has 1 fully saturated rings. The fourth-order valence-corrected chi connectivity index (χ4v) is 2.52. The zero-order chi connectivity index (χ0) is 14.6. The van der Waals surface area contributed by atoms with Crippen molar-refractivity contribution in [2.45, 2.75) is 63.9 Å². The smallest absolute Gasteiger partial charge is 0.291 e. The standard InChI is InChI=1S/C14H24N4O2/c1-10(2)11-16-12(18-17-11)13(19)15-9-14(20)7-5-3-4-6-8-14/h10,20H,3-9H2,1-2H3,(H,15,19)(H,16,17,18). The van der Waals surface area contributed by atoms with Crippen molar-refractivity contribution in [2.24, 2.45) is 0 Å². The fraction of sp³-hybridized carbons (Fsp3) is 0.786. The summed E-state index contributed by atoms with van der Waals surface area (Å²) >= 11 is 0. The van der Waals surface area contributed by atoms with Crippen molar-refractivity contribution in [1.82, 2.24) is 20.5 Å². The van der Waals surface area contributed by atoms with Gasteiger partial charge in [0.25, 0.3) is 5.91 Å². The van der Waals surface area contributed by atoms with Crippen LogP contribution in [0, 0.1) is 0 Å². The van der Waals surface area contributed by atoms with Crippen LogP contribution in [0.3, 0.4) is 0 Å². The van der Waals surface area contributed by atoms with Gasteiger partial charge in [-0.3, -0.25) is 9.89 Å². The van der Waals surface area contributed by atoms with Gasteiger partial charge < -0.3 is 10.4 Å². The molecule has 6 nitrogen and oxygen atoms in total. The van der Waals surface area contributed by atoms with Crippen molar-refractivity contribution in [3.05, 3.63) is 11.6 Å². The molecule has 0 saturated heterocycles. The van der Waals surface area contributed by atoms with Crippen LogP contribution in [-0.2, 0) is 0 Å². The van der Waals surface area contributed by atoms with Crippen LogP contribution < -0.4 is 5.32 Å². The number of aliphatic hydroxyl groups is 1. The summed E-state index contributed by atoms with van der Waals surface area (Å²) in [6.45, 7) is 4.24. The number of rotatable bonds is 4. The third-order valence-electron chi connectivity index (χ3n) is 3.86. The van der Waals surface area contributed by atoms with Crippen LogP contribution in [-0.4, -0.2) is 38.3 Å². The average Bonchev–Trinajstić information content (AvgIpc) is 2.81. The minimum atomic E-state index is -0.774. The molecule has 1 amide bonds. The summed E-state index contributed by atoms with van der Waals surface area (Å²) in [5, 5.41) is 19.9. The highest BCUT2D eigenvalue weighted by Gasteiger charge is 2.29. The molecule has 1 aromatic rings. The van der Waals surface area contributed by atoms with Crippen LogP contribution in [0.4, 0.5) is 0 Å². The molecule has 0 aromatic carbocycles. The number of nitrogens with one attached hydrogen (secondary N) is 2. The van der Waals surface area contributed by atoms with Gasteiger partial charge in [0.15, 0.2) is 0 Å². The van der Waals surface area contributed by atoms with Crippen LogP contribution in [0.1, 0.15) is 74.7 Å². The van der Waals surface area contributed by atoms with E-state index in [-0.39, 0.29) is 24.2 Å². The molecule has 0 aliphatic heterocycles. The van der Waals surface area contributed by atoms with Gasteiger partial charge in [0.05, 0.1) is 5.60 Å². The number of nitrogens with zero attached hydrogens (tertiary/aromatic N) is 2. The third kappa shape index (κ3) is 3.79. The zero-order valence-corrected chi connectivity index (χ0v) is 12.3. The number of carbonyl (C=O) groups is 1. The first-order chi connectivity index (χ1) is 9.50. The predicted octanol–water partition coefficient (Wildman–Crippen LogP) is 1.74. The summed E-state index contributed by atoms with van der Waals surface area (Å²) < 4.78 is 0. The van der Waals surface area contributed by atoms with Crippen molar-refractivity contribution < 1.29 is 9.90 Å². The topological polar surface area (TPSA) is 90.9 Å². The van der Waals surface area contributed by atoms with Crippen molar-refractivity contribution in [3.63, 3.8) is 0 Å². The number of aromatic nitrogens is 3. The molecule has 2 rings (SSSR count). The van der Waals surface area contributed by atoms with E-state index < -0.39 is 5.60 Å². The fourth-order valence-electron chi connectivity index (χ4n) is 2.52. The van der Waals surface area contributed by atoms with Crippen LogP contribution in [0.25, 0.3) is 0 Å². The summed E-state index contributed by atoms with van der Waals surface area (Å²) in [6.07, 6.45) is 5.86. The largest absolute Gasteiger partial charge is 0.388 e. The van der Waals surface area contributed by atoms with E-state index in [1.54, 1.807) is 0 Å². The van der Waals surface area contributed by atoms with Crippen LogP contribution in [0.15, 0.2) is 0 Å². The molecule has 0 radical (unpaired) electrons. The summed E-state index contributed by atoms with van der Waals surface area (Å²) in [4.78, 5) is 16.1. The Labute approximate surface area is 119 Å². The predicted molar refractivity (Wildman–Crippen MR) is 75.5 cm³/mol. The summed E-state index contributed by atoms with van der Waals surface area (Å²) in [5.41, 5.74) is -0.774. The molecular weight excluding hydrogens is 256 g/mol. The van der Waals surface area contributed by atoms with Crippen molar-refractivity contribution in [1.29, 1.82) is 0 Å². The van der Waals surface area contributed by atoms with Gasteiger partial charge in [0.1, 0.15) is 5.82 Å². The van der Waals surface area contributed by atoms with Gasteiger partial charge in [0, 0.05) is 12.5 Å². The lowest BCUT2D eigenvalue weighted by atomic mass is 9.94. The molecule has 1 aliphatic rings. The number of hydrogen-bond acceptors (Lipinski definition) is 4. The van der Waals surface area contributed by atoms with Gasteiger partial charge in [0.2, 0.25) is 5.82 Å². The Kier molecular flexibility index (Phi) is 4.75. The number of amides is 1. The van der Waals surface area contributed by atoms with E-state index in [4.69, 9.17) is 0 Å². The molecule has 0 spiro atoms. The minimum absolute atomic E-state index is 0.144.